The molecule has 4 N–H and O–H groups in total. The highest BCUT2D eigenvalue weighted by Crippen LogP contribution is 2.36. The van der Waals surface area contributed by atoms with Crippen LogP contribution in [-0.2, 0) is 16.1 Å². The van der Waals surface area contributed by atoms with E-state index < -0.39 is 23.8 Å². The molecule has 2 heterocycles. The lowest BCUT2D eigenvalue weighted by Crippen LogP contribution is -2.75. The first-order chi connectivity index (χ1) is 21.2. The molecule has 5 rings (SSSR count). The molecule has 10 nitrogen and oxygen atoms in total. The van der Waals surface area contributed by atoms with Gasteiger partial charge in [0.2, 0.25) is 11.8 Å². The van der Waals surface area contributed by atoms with Gasteiger partial charge in [0.15, 0.2) is 0 Å². The number of hydrogen-bond donors (Lipinski definition) is 4. The van der Waals surface area contributed by atoms with Crippen LogP contribution in [-0.4, -0.2) is 88.2 Å². The maximum absolute atomic E-state index is 13.9. The Kier molecular flexibility index (Phi) is 11.9. The highest BCUT2D eigenvalue weighted by Gasteiger charge is 2.55. The average Bonchev–Trinajstić information content (AvgIpc) is 3.04. The predicted molar refractivity (Wildman–Crippen MR) is 173 cm³/mol. The summed E-state index contributed by atoms with van der Waals surface area (Å²) in [6.45, 7) is 3.95. The average molecular weight is 643 g/mol. The van der Waals surface area contributed by atoms with Gasteiger partial charge in [0.1, 0.15) is 23.1 Å². The van der Waals surface area contributed by atoms with Crippen LogP contribution in [0.5, 0.6) is 11.5 Å². The number of hydrogen-bond acceptors (Lipinski definition) is 7. The van der Waals surface area contributed by atoms with Gasteiger partial charge in [0, 0.05) is 38.8 Å². The Bertz CT molecular complexity index is 1290. The molecule has 2 saturated heterocycles. The second kappa shape index (κ2) is 15.4. The first-order valence-corrected chi connectivity index (χ1v) is 16.0. The van der Waals surface area contributed by atoms with Gasteiger partial charge >= 0.3 is 0 Å². The van der Waals surface area contributed by atoms with Gasteiger partial charge in [-0.1, -0.05) is 31.4 Å². The standard InChI is InChI=1S/C34H46N4O6.ClH/c1-23(39)16-19-38-32(42)29(30(40)25-6-4-3-5-7-25)36-33(43)34(38)17-20-37(21-18-34)22-24-8-12-27(13-9-24)44-28-14-10-26(11-15-28)31(41)35-2;/h8-15,23,25,29-30,39-40H,3-7,16-22H2,1-2H3,(H,35,41)(H,36,43);1H/t23?,29-,30-;/m1./s1. The van der Waals surface area contributed by atoms with Crippen molar-refractivity contribution in [2.24, 2.45) is 5.92 Å². The van der Waals surface area contributed by atoms with Crippen LogP contribution in [0.25, 0.3) is 0 Å². The van der Waals surface area contributed by atoms with Crippen molar-refractivity contribution < 1.29 is 29.3 Å². The van der Waals surface area contributed by atoms with E-state index in [1.54, 1.807) is 43.1 Å². The summed E-state index contributed by atoms with van der Waals surface area (Å²) in [6, 6.07) is 13.9. The molecule has 45 heavy (non-hydrogen) atoms. The number of carbonyl (C=O) groups is 3. The summed E-state index contributed by atoms with van der Waals surface area (Å²) in [4.78, 5) is 43.3. The van der Waals surface area contributed by atoms with E-state index in [2.05, 4.69) is 15.5 Å². The number of piperazine rings is 1. The number of likely N-dealkylation sites (tertiary alicyclic amines) is 1. The maximum atomic E-state index is 13.9. The maximum Gasteiger partial charge on any atom is 0.251 e. The lowest BCUT2D eigenvalue weighted by atomic mass is 9.78. The largest absolute Gasteiger partial charge is 0.457 e. The number of benzene rings is 2. The Balaban J connectivity index is 0.00000461. The first kappa shape index (κ1) is 34.7. The summed E-state index contributed by atoms with van der Waals surface area (Å²) < 4.78 is 5.94. The normalized spacial score (nSPS) is 21.9. The summed E-state index contributed by atoms with van der Waals surface area (Å²) in [5.74, 6) is 0.780. The fourth-order valence-electron chi connectivity index (χ4n) is 6.91. The van der Waals surface area contributed by atoms with Crippen molar-refractivity contribution >= 4 is 30.1 Å². The van der Waals surface area contributed by atoms with Crippen molar-refractivity contribution in [2.45, 2.75) is 88.6 Å². The van der Waals surface area contributed by atoms with Crippen molar-refractivity contribution in [3.63, 3.8) is 0 Å². The number of piperidine rings is 1. The zero-order valence-corrected chi connectivity index (χ0v) is 27.1. The topological polar surface area (TPSA) is 131 Å². The highest BCUT2D eigenvalue weighted by molar-refractivity contribution is 6.00. The summed E-state index contributed by atoms with van der Waals surface area (Å²) in [7, 11) is 1.59. The van der Waals surface area contributed by atoms with Gasteiger partial charge in [-0.25, -0.2) is 0 Å². The minimum atomic E-state index is -0.976. The third-order valence-corrected chi connectivity index (χ3v) is 9.59. The van der Waals surface area contributed by atoms with Crippen LogP contribution in [0.4, 0.5) is 0 Å². The molecule has 3 atom stereocenters. The molecule has 1 saturated carbocycles. The molecule has 0 radical (unpaired) electrons. The van der Waals surface area contributed by atoms with Crippen LogP contribution in [0.15, 0.2) is 48.5 Å². The molecule has 3 amide bonds. The second-order valence-electron chi connectivity index (χ2n) is 12.6. The minimum Gasteiger partial charge on any atom is -0.457 e. The van der Waals surface area contributed by atoms with Crippen molar-refractivity contribution in [1.82, 2.24) is 20.4 Å². The smallest absolute Gasteiger partial charge is 0.251 e. The molecular weight excluding hydrogens is 596 g/mol. The van der Waals surface area contributed by atoms with Crippen LogP contribution < -0.4 is 15.4 Å². The van der Waals surface area contributed by atoms with E-state index in [1.165, 1.54) is 0 Å². The Morgan fingerprint density at radius 2 is 1.60 bits per heavy atom. The van der Waals surface area contributed by atoms with Gasteiger partial charge in [-0.2, -0.15) is 0 Å². The molecule has 11 heteroatoms. The summed E-state index contributed by atoms with van der Waals surface area (Å²) in [5.41, 5.74) is 0.696. The number of nitrogens with zero attached hydrogens (tertiary/aromatic N) is 2. The number of carbonyl (C=O) groups excluding carboxylic acids is 3. The van der Waals surface area contributed by atoms with Crippen LogP contribution in [0, 0.1) is 5.92 Å². The van der Waals surface area contributed by atoms with E-state index in [-0.39, 0.29) is 42.6 Å². The van der Waals surface area contributed by atoms with Gasteiger partial charge in [-0.15, -0.1) is 12.4 Å². The Morgan fingerprint density at radius 3 is 2.18 bits per heavy atom. The van der Waals surface area contributed by atoms with E-state index in [0.717, 1.165) is 37.7 Å². The summed E-state index contributed by atoms with van der Waals surface area (Å²) in [5, 5.41) is 26.8. The molecule has 2 aromatic carbocycles. The fourth-order valence-corrected chi connectivity index (χ4v) is 6.91. The van der Waals surface area contributed by atoms with Gasteiger partial charge in [0.05, 0.1) is 12.2 Å². The Labute approximate surface area is 271 Å². The van der Waals surface area contributed by atoms with Crippen molar-refractivity contribution in [2.75, 3.05) is 26.7 Å². The van der Waals surface area contributed by atoms with Gasteiger partial charge in [0.25, 0.3) is 5.91 Å². The molecule has 3 aliphatic rings. The van der Waals surface area contributed by atoms with Gasteiger partial charge in [-0.05, 0) is 86.9 Å². The minimum absolute atomic E-state index is 0. The van der Waals surface area contributed by atoms with Crippen molar-refractivity contribution in [3.05, 3.63) is 59.7 Å². The molecule has 1 unspecified atom stereocenters. The van der Waals surface area contributed by atoms with Crippen molar-refractivity contribution in [3.8, 4) is 11.5 Å². The number of aliphatic hydroxyl groups is 2. The van der Waals surface area contributed by atoms with Gasteiger partial charge < -0.3 is 30.5 Å². The molecule has 3 fully saturated rings. The summed E-state index contributed by atoms with van der Waals surface area (Å²) in [6.07, 6.45) is 4.81. The number of ether oxygens (including phenoxy) is 1. The van der Waals surface area contributed by atoms with E-state index >= 15 is 0 Å². The van der Waals surface area contributed by atoms with Crippen LogP contribution in [0.1, 0.15) is 74.2 Å². The quantitative estimate of drug-likeness (QED) is 0.311. The molecule has 2 aromatic rings. The Morgan fingerprint density at radius 1 is 1.00 bits per heavy atom. The lowest BCUT2D eigenvalue weighted by Gasteiger charge is -2.52. The van der Waals surface area contributed by atoms with Crippen molar-refractivity contribution in [1.29, 1.82) is 0 Å². The monoisotopic (exact) mass is 642 g/mol. The molecule has 246 valence electrons. The number of aliphatic hydroxyl groups excluding tert-OH is 2. The fraction of sp³-hybridized carbons (Fsp3) is 0.559. The molecule has 1 aliphatic carbocycles. The van der Waals surface area contributed by atoms with E-state index in [4.69, 9.17) is 4.74 Å². The van der Waals surface area contributed by atoms with E-state index in [9.17, 15) is 24.6 Å². The number of nitrogens with one attached hydrogen (secondary N) is 2. The number of rotatable bonds is 10. The highest BCUT2D eigenvalue weighted by atomic mass is 35.5. The van der Waals surface area contributed by atoms with E-state index in [0.29, 0.717) is 56.0 Å². The molecule has 0 aromatic heterocycles. The SMILES string of the molecule is CNC(=O)c1ccc(Oc2ccc(CN3CCC4(CC3)C(=O)N[C@H]([C@H](O)C3CCCCC3)C(=O)N4CCC(C)O)cc2)cc1.Cl. The third-order valence-electron chi connectivity index (χ3n) is 9.59. The zero-order valence-electron chi connectivity index (χ0n) is 26.2. The number of amides is 3. The second-order valence-corrected chi connectivity index (χ2v) is 12.6. The van der Waals surface area contributed by atoms with Crippen LogP contribution in [0.3, 0.4) is 0 Å². The van der Waals surface area contributed by atoms with E-state index in [1.807, 2.05) is 24.3 Å². The molecular formula is C34H47ClN4O6. The molecule has 0 bridgehead atoms. The van der Waals surface area contributed by atoms with Crippen LogP contribution >= 0.6 is 12.4 Å². The van der Waals surface area contributed by atoms with Crippen LogP contribution in [0.2, 0.25) is 0 Å². The Hall–Kier alpha value is -3.18. The summed E-state index contributed by atoms with van der Waals surface area (Å²) >= 11 is 0. The number of halogens is 1. The molecule has 2 aliphatic heterocycles. The lowest BCUT2D eigenvalue weighted by molar-refractivity contribution is -0.166. The predicted octanol–water partition coefficient (Wildman–Crippen LogP) is 3.63. The third kappa shape index (κ3) is 7.98. The van der Waals surface area contributed by atoms with Gasteiger partial charge in [-0.3, -0.25) is 19.3 Å². The molecule has 1 spiro atoms. The zero-order chi connectivity index (χ0) is 31.3. The first-order valence-electron chi connectivity index (χ1n) is 16.0.